The molecule has 0 saturated carbocycles. The van der Waals surface area contributed by atoms with Gasteiger partial charge in [-0.15, -0.1) is 6.58 Å². The molecule has 0 fully saturated rings. The van der Waals surface area contributed by atoms with Gasteiger partial charge in [0.05, 0.1) is 6.33 Å². The molecule has 0 amide bonds. The van der Waals surface area contributed by atoms with E-state index in [1.54, 1.807) is 15.2 Å². The van der Waals surface area contributed by atoms with Crippen molar-refractivity contribution < 1.29 is 26.3 Å². The van der Waals surface area contributed by atoms with Gasteiger partial charge in [-0.3, -0.25) is 18.9 Å². The molecule has 2 heterocycles. The van der Waals surface area contributed by atoms with E-state index in [1.807, 2.05) is 53.0 Å². The Labute approximate surface area is 263 Å². The van der Waals surface area contributed by atoms with Crippen molar-refractivity contribution in [3.05, 3.63) is 64.8 Å². The molecule has 2 aromatic rings. The molecule has 1 atom stereocenters. The maximum absolute atomic E-state index is 14.1. The summed E-state index contributed by atoms with van der Waals surface area (Å²) in [5, 5.41) is 0. The number of rotatable bonds is 11. The average Bonchev–Trinajstić information content (AvgIpc) is 3.40. The molecule has 0 N–H and O–H groups in total. The SMILES string of the molecule is C=CCCn1c(C2=CC=C(F)C(C(F)(F)F)C2)nc2c(=O)n(CC)c(=NCC(C)C)n(CCCC)c21.CC.CC.F/C=C/CF. The highest BCUT2D eigenvalue weighted by Gasteiger charge is 2.44. The highest BCUT2D eigenvalue weighted by Crippen LogP contribution is 2.42. The van der Waals surface area contributed by atoms with E-state index >= 15 is 0 Å². The average molecular weight is 648 g/mol. The standard InChI is InChI=1S/C26H35F4N5O.C3H4F2.2C2H6/c1-6-9-13-34-22(18-11-12-20(27)19(15-18)26(28,29)30)32-21-23(34)35(14-10-7-2)25(31-16-17(4)5)33(8-3)24(21)36;4-2-1-3-5;2*1-2/h6,11-12,17,19H,1,7-10,13-16H2,2-5H3;1-2H,3H2;2*1-2H3/b;2-1+;;. The summed E-state index contributed by atoms with van der Waals surface area (Å²) in [6, 6.07) is 0. The third-order valence-electron chi connectivity index (χ3n) is 6.39. The summed E-state index contributed by atoms with van der Waals surface area (Å²) in [4.78, 5) is 22.9. The number of imidazole rings is 1. The number of nitrogens with zero attached hydrogens (tertiary/aromatic N) is 5. The van der Waals surface area contributed by atoms with Gasteiger partial charge in [0, 0.05) is 26.2 Å². The molecule has 256 valence electrons. The van der Waals surface area contributed by atoms with Gasteiger partial charge >= 0.3 is 6.18 Å². The number of aryl methyl sites for hydroxylation is 2. The van der Waals surface area contributed by atoms with Crippen molar-refractivity contribution in [1.82, 2.24) is 18.7 Å². The van der Waals surface area contributed by atoms with Crippen molar-refractivity contribution in [3.8, 4) is 0 Å². The summed E-state index contributed by atoms with van der Waals surface area (Å²) in [6.07, 6.45) is 1.80. The van der Waals surface area contributed by atoms with Gasteiger partial charge in [-0.1, -0.05) is 67.0 Å². The van der Waals surface area contributed by atoms with Crippen LogP contribution in [-0.4, -0.2) is 38.1 Å². The Bertz CT molecular complexity index is 1390. The van der Waals surface area contributed by atoms with Crippen molar-refractivity contribution >= 4 is 16.7 Å². The number of allylic oxidation sites excluding steroid dienone is 6. The molecule has 1 aliphatic carbocycles. The third-order valence-corrected chi connectivity index (χ3v) is 6.39. The van der Waals surface area contributed by atoms with Crippen LogP contribution in [0.4, 0.5) is 26.3 Å². The zero-order valence-electron chi connectivity index (χ0n) is 28.0. The van der Waals surface area contributed by atoms with Crippen LogP contribution in [0.15, 0.2) is 52.8 Å². The fourth-order valence-electron chi connectivity index (χ4n) is 4.39. The zero-order chi connectivity index (χ0) is 34.7. The normalized spacial score (nSPS) is 15.1. The number of hydrogen-bond donors (Lipinski definition) is 0. The first-order valence-electron chi connectivity index (χ1n) is 15.8. The topological polar surface area (TPSA) is 57.1 Å². The first-order valence-corrected chi connectivity index (χ1v) is 15.8. The minimum absolute atomic E-state index is 0.176. The van der Waals surface area contributed by atoms with E-state index in [0.29, 0.717) is 43.9 Å². The van der Waals surface area contributed by atoms with E-state index in [-0.39, 0.29) is 34.7 Å². The van der Waals surface area contributed by atoms with Crippen LogP contribution in [0, 0.1) is 11.8 Å². The lowest BCUT2D eigenvalue weighted by Crippen LogP contribution is -2.41. The monoisotopic (exact) mass is 647 g/mol. The lowest BCUT2D eigenvalue weighted by molar-refractivity contribution is -0.167. The predicted octanol–water partition coefficient (Wildman–Crippen LogP) is 9.26. The van der Waals surface area contributed by atoms with E-state index in [2.05, 4.69) is 18.5 Å². The van der Waals surface area contributed by atoms with Gasteiger partial charge in [-0.05, 0) is 49.8 Å². The lowest BCUT2D eigenvalue weighted by atomic mass is 9.92. The van der Waals surface area contributed by atoms with Crippen molar-refractivity contribution in [2.24, 2.45) is 16.8 Å². The Balaban J connectivity index is 0.00000192. The van der Waals surface area contributed by atoms with Crippen molar-refractivity contribution in [1.29, 1.82) is 0 Å². The van der Waals surface area contributed by atoms with Gasteiger partial charge in [0.2, 0.25) is 5.62 Å². The van der Waals surface area contributed by atoms with Crippen LogP contribution in [0.25, 0.3) is 16.7 Å². The minimum atomic E-state index is -4.73. The summed E-state index contributed by atoms with van der Waals surface area (Å²) in [7, 11) is 0. The zero-order valence-corrected chi connectivity index (χ0v) is 28.0. The van der Waals surface area contributed by atoms with Gasteiger partial charge in [0.25, 0.3) is 5.56 Å². The van der Waals surface area contributed by atoms with Gasteiger partial charge in [0.15, 0.2) is 5.52 Å². The molecular weight excluding hydrogens is 596 g/mol. The molecule has 1 aliphatic rings. The van der Waals surface area contributed by atoms with E-state index in [0.717, 1.165) is 25.0 Å². The summed E-state index contributed by atoms with van der Waals surface area (Å²) in [6.45, 7) is 20.9. The second-order valence-electron chi connectivity index (χ2n) is 9.98. The summed E-state index contributed by atoms with van der Waals surface area (Å²) >= 11 is 0. The first kappa shape index (κ1) is 41.7. The number of alkyl halides is 4. The van der Waals surface area contributed by atoms with Crippen LogP contribution in [0.2, 0.25) is 0 Å². The third kappa shape index (κ3) is 11.5. The second kappa shape index (κ2) is 21.4. The molecule has 0 bridgehead atoms. The Hall–Kier alpha value is -3.31. The van der Waals surface area contributed by atoms with Crippen LogP contribution >= 0.6 is 0 Å². The quantitative estimate of drug-likeness (QED) is 0.180. The van der Waals surface area contributed by atoms with Crippen molar-refractivity contribution in [2.75, 3.05) is 13.2 Å². The summed E-state index contributed by atoms with van der Waals surface area (Å²) in [5.41, 5.74) is 1.13. The molecule has 2 aromatic heterocycles. The maximum atomic E-state index is 14.1. The number of aromatic nitrogens is 4. The minimum Gasteiger partial charge on any atom is -0.310 e. The Kier molecular flexibility index (Phi) is 19.9. The summed E-state index contributed by atoms with van der Waals surface area (Å²) < 4.78 is 81.3. The molecular formula is C33H51F6N5O. The molecule has 12 heteroatoms. The molecule has 45 heavy (non-hydrogen) atoms. The predicted molar refractivity (Wildman–Crippen MR) is 173 cm³/mol. The highest BCUT2D eigenvalue weighted by molar-refractivity contribution is 5.77. The number of halogens is 6. The Morgan fingerprint density at radius 2 is 1.73 bits per heavy atom. The van der Waals surface area contributed by atoms with Gasteiger partial charge in [0.1, 0.15) is 29.9 Å². The highest BCUT2D eigenvalue weighted by atomic mass is 19.4. The maximum Gasteiger partial charge on any atom is 0.398 e. The van der Waals surface area contributed by atoms with Crippen LogP contribution < -0.4 is 11.2 Å². The van der Waals surface area contributed by atoms with Crippen LogP contribution in [0.3, 0.4) is 0 Å². The van der Waals surface area contributed by atoms with E-state index in [1.165, 1.54) is 6.08 Å². The van der Waals surface area contributed by atoms with Gasteiger partial charge in [-0.2, -0.15) is 13.2 Å². The van der Waals surface area contributed by atoms with E-state index in [4.69, 9.17) is 4.99 Å². The van der Waals surface area contributed by atoms with Crippen molar-refractivity contribution in [3.63, 3.8) is 0 Å². The summed E-state index contributed by atoms with van der Waals surface area (Å²) in [5.74, 6) is -2.94. The number of hydrogen-bond acceptors (Lipinski definition) is 3. The van der Waals surface area contributed by atoms with Gasteiger partial charge < -0.3 is 4.57 Å². The Morgan fingerprint density at radius 3 is 2.20 bits per heavy atom. The Morgan fingerprint density at radius 1 is 1.09 bits per heavy atom. The second-order valence-corrected chi connectivity index (χ2v) is 9.98. The smallest absolute Gasteiger partial charge is 0.310 e. The molecule has 0 spiro atoms. The fraction of sp³-hybridized carbons (Fsp3) is 0.606. The largest absolute Gasteiger partial charge is 0.398 e. The first-order chi connectivity index (χ1) is 21.5. The molecule has 3 rings (SSSR count). The van der Waals surface area contributed by atoms with Crippen LogP contribution in [-0.2, 0) is 19.6 Å². The molecule has 0 aromatic carbocycles. The lowest BCUT2D eigenvalue weighted by Gasteiger charge is -2.23. The number of fused-ring (bicyclic) bond motifs is 1. The van der Waals surface area contributed by atoms with E-state index < -0.39 is 31.0 Å². The van der Waals surface area contributed by atoms with Crippen LogP contribution in [0.5, 0.6) is 0 Å². The number of unbranched alkanes of at least 4 members (excludes halogenated alkanes) is 1. The molecule has 6 nitrogen and oxygen atoms in total. The molecule has 0 saturated heterocycles. The molecule has 0 radical (unpaired) electrons. The van der Waals surface area contributed by atoms with Crippen molar-refractivity contribution in [2.45, 2.75) is 107 Å². The van der Waals surface area contributed by atoms with E-state index in [9.17, 15) is 31.1 Å². The van der Waals surface area contributed by atoms with Gasteiger partial charge in [-0.25, -0.2) is 18.2 Å². The van der Waals surface area contributed by atoms with Crippen LogP contribution in [0.1, 0.15) is 86.9 Å². The molecule has 0 aliphatic heterocycles. The molecule has 1 unspecified atom stereocenters. The fourth-order valence-corrected chi connectivity index (χ4v) is 4.39.